The maximum absolute atomic E-state index is 12.0. The van der Waals surface area contributed by atoms with Gasteiger partial charge in [0.2, 0.25) is 18.5 Å². The SMILES string of the molecule is CC.CC(C)=O.Cc1c[n+](Cc2ccc(-c3ccc(CN4CCOCC4)cc3)cc2)no1.Cc1cccc(C(F)(F)F)c1. The second-order valence-electron chi connectivity index (χ2n) is 10.1. The second-order valence-corrected chi connectivity index (χ2v) is 10.1. The van der Waals surface area contributed by atoms with Crippen LogP contribution in [-0.4, -0.2) is 42.3 Å². The zero-order valence-corrected chi connectivity index (χ0v) is 25.9. The van der Waals surface area contributed by atoms with Gasteiger partial charge < -0.3 is 14.1 Å². The van der Waals surface area contributed by atoms with Crippen LogP contribution in [0, 0.1) is 13.8 Å². The summed E-state index contributed by atoms with van der Waals surface area (Å²) in [6.45, 7) is 16.0. The van der Waals surface area contributed by atoms with Gasteiger partial charge in [0.25, 0.3) is 0 Å². The van der Waals surface area contributed by atoms with Crippen LogP contribution in [0.4, 0.5) is 13.2 Å². The molecule has 1 aliphatic rings. The van der Waals surface area contributed by atoms with Crippen LogP contribution in [0.5, 0.6) is 0 Å². The van der Waals surface area contributed by atoms with Crippen molar-refractivity contribution in [3.05, 3.63) is 107 Å². The summed E-state index contributed by atoms with van der Waals surface area (Å²) < 4.78 is 48.2. The number of hydrogen-bond donors (Lipinski definition) is 0. The molecule has 0 aliphatic carbocycles. The normalized spacial score (nSPS) is 13.0. The summed E-state index contributed by atoms with van der Waals surface area (Å²) in [5, 5.41) is 3.98. The molecule has 0 spiro atoms. The molecule has 2 heterocycles. The lowest BCUT2D eigenvalue weighted by Gasteiger charge is -2.26. The molecule has 0 saturated carbocycles. The Kier molecular flexibility index (Phi) is 14.8. The molecule has 1 saturated heterocycles. The molecule has 232 valence electrons. The van der Waals surface area contributed by atoms with Crippen LogP contribution in [0.25, 0.3) is 11.1 Å². The molecular formula is C34H43F3N3O3+. The van der Waals surface area contributed by atoms with E-state index >= 15 is 0 Å². The quantitative estimate of drug-likeness (QED) is 0.223. The number of carbonyl (C=O) groups excluding carboxylic acids is 1. The van der Waals surface area contributed by atoms with Gasteiger partial charge in [0.15, 0.2) is 5.27 Å². The molecule has 0 unspecified atom stereocenters. The topological polar surface area (TPSA) is 59.5 Å². The van der Waals surface area contributed by atoms with Gasteiger partial charge in [-0.1, -0.05) is 86.1 Å². The van der Waals surface area contributed by atoms with Crippen LogP contribution < -0.4 is 4.68 Å². The lowest BCUT2D eigenvalue weighted by atomic mass is 10.0. The highest BCUT2D eigenvalue weighted by Crippen LogP contribution is 2.29. The smallest absolute Gasteiger partial charge is 0.379 e. The number of benzene rings is 3. The fourth-order valence-corrected chi connectivity index (χ4v) is 4.08. The van der Waals surface area contributed by atoms with Crippen LogP contribution in [0.2, 0.25) is 0 Å². The van der Waals surface area contributed by atoms with Crippen molar-refractivity contribution in [1.82, 2.24) is 10.2 Å². The summed E-state index contributed by atoms with van der Waals surface area (Å²) in [7, 11) is 0. The summed E-state index contributed by atoms with van der Waals surface area (Å²) in [4.78, 5) is 11.9. The van der Waals surface area contributed by atoms with Gasteiger partial charge in [-0.2, -0.15) is 13.2 Å². The maximum Gasteiger partial charge on any atom is 0.416 e. The van der Waals surface area contributed by atoms with Crippen molar-refractivity contribution in [3.8, 4) is 11.1 Å². The number of alkyl halides is 3. The number of Topliss-reactive ketones (excluding diaryl/α,β-unsaturated/α-hetero) is 1. The first-order valence-corrected chi connectivity index (χ1v) is 14.4. The number of hydrogen-bond acceptors (Lipinski definition) is 5. The third-order valence-electron chi connectivity index (χ3n) is 6.06. The maximum atomic E-state index is 12.0. The first-order chi connectivity index (χ1) is 20.5. The first kappa shape index (κ1) is 35.4. The van der Waals surface area contributed by atoms with Gasteiger partial charge in [0, 0.05) is 32.1 Å². The Morgan fingerprint density at radius 3 is 1.86 bits per heavy atom. The number of carbonyl (C=O) groups is 1. The van der Waals surface area contributed by atoms with Gasteiger partial charge >= 0.3 is 6.18 Å². The highest BCUT2D eigenvalue weighted by molar-refractivity contribution is 5.72. The van der Waals surface area contributed by atoms with Crippen molar-refractivity contribution < 1.29 is 31.9 Å². The summed E-state index contributed by atoms with van der Waals surface area (Å²) >= 11 is 0. The molecule has 0 N–H and O–H groups in total. The zero-order valence-electron chi connectivity index (χ0n) is 25.9. The summed E-state index contributed by atoms with van der Waals surface area (Å²) in [6, 6.07) is 22.7. The number of aromatic nitrogens is 2. The van der Waals surface area contributed by atoms with Crippen LogP contribution >= 0.6 is 0 Å². The molecule has 1 aliphatic heterocycles. The molecule has 0 amide bonds. The van der Waals surface area contributed by atoms with E-state index in [2.05, 4.69) is 58.7 Å². The molecule has 9 heteroatoms. The molecule has 1 fully saturated rings. The highest BCUT2D eigenvalue weighted by atomic mass is 19.4. The van der Waals surface area contributed by atoms with Crippen molar-refractivity contribution in [1.29, 1.82) is 0 Å². The number of halogens is 3. The summed E-state index contributed by atoms with van der Waals surface area (Å²) in [5.74, 6) is 0.985. The van der Waals surface area contributed by atoms with E-state index in [0.29, 0.717) is 5.56 Å². The van der Waals surface area contributed by atoms with E-state index in [1.54, 1.807) is 13.0 Å². The second kappa shape index (κ2) is 18.0. The molecule has 4 aromatic rings. The van der Waals surface area contributed by atoms with Crippen molar-refractivity contribution in [2.45, 2.75) is 60.8 Å². The minimum atomic E-state index is -4.22. The first-order valence-electron chi connectivity index (χ1n) is 14.4. The van der Waals surface area contributed by atoms with Crippen molar-refractivity contribution in [2.24, 2.45) is 0 Å². The van der Waals surface area contributed by atoms with Crippen molar-refractivity contribution in [2.75, 3.05) is 26.3 Å². The van der Waals surface area contributed by atoms with Gasteiger partial charge in [-0.05, 0) is 48.2 Å². The molecule has 3 aromatic carbocycles. The van der Waals surface area contributed by atoms with Crippen LogP contribution in [0.3, 0.4) is 0 Å². The fourth-order valence-electron chi connectivity index (χ4n) is 4.08. The van der Waals surface area contributed by atoms with Gasteiger partial charge in [-0.3, -0.25) is 4.90 Å². The predicted molar refractivity (Wildman–Crippen MR) is 162 cm³/mol. The standard InChI is InChI=1S/C21H24N3O2.C8H7F3.C3H6O.C2H6/c1-17-14-24(22-26-17)16-19-4-8-21(9-5-19)20-6-2-18(3-7-20)15-23-10-12-25-13-11-23;1-6-3-2-4-7(5-6)8(9,10)11;1-3(2)4;1-2/h2-9,14H,10-13,15-16H2,1H3;2-5H,1H3;1-2H3;1-2H3/q+1;;;. The highest BCUT2D eigenvalue weighted by Gasteiger charge is 2.29. The molecule has 0 atom stereocenters. The number of nitrogens with zero attached hydrogens (tertiary/aromatic N) is 3. The number of ether oxygens (including phenoxy) is 1. The minimum Gasteiger partial charge on any atom is -0.379 e. The average molecular weight is 599 g/mol. The van der Waals surface area contributed by atoms with Gasteiger partial charge in [0.1, 0.15) is 5.78 Å². The van der Waals surface area contributed by atoms with E-state index in [9.17, 15) is 18.0 Å². The number of morpholine rings is 1. The Labute approximate surface area is 253 Å². The van der Waals surface area contributed by atoms with E-state index < -0.39 is 11.7 Å². The number of rotatable bonds is 5. The fraction of sp³-hybridized carbons (Fsp3) is 0.382. The molecule has 43 heavy (non-hydrogen) atoms. The molecule has 6 nitrogen and oxygen atoms in total. The Bertz CT molecular complexity index is 1360. The van der Waals surface area contributed by atoms with Crippen LogP contribution in [0.1, 0.15) is 55.7 Å². The molecule has 5 rings (SSSR count). The van der Waals surface area contributed by atoms with Gasteiger partial charge in [0.05, 0.1) is 18.8 Å². The van der Waals surface area contributed by atoms with E-state index in [0.717, 1.165) is 57.3 Å². The molecule has 1 aromatic heterocycles. The van der Waals surface area contributed by atoms with Gasteiger partial charge in [-0.25, -0.2) is 0 Å². The van der Waals surface area contributed by atoms with Crippen LogP contribution in [-0.2, 0) is 28.8 Å². The minimum absolute atomic E-state index is 0.167. The zero-order chi connectivity index (χ0) is 31.8. The Balaban J connectivity index is 0.000000315. The largest absolute Gasteiger partial charge is 0.416 e. The number of ketones is 1. The van der Waals surface area contributed by atoms with Crippen molar-refractivity contribution >= 4 is 5.78 Å². The molecule has 0 bridgehead atoms. The monoisotopic (exact) mass is 598 g/mol. The average Bonchev–Trinajstić information content (AvgIpc) is 3.39. The third kappa shape index (κ3) is 13.4. The van der Waals surface area contributed by atoms with E-state index in [1.807, 2.05) is 31.6 Å². The third-order valence-corrected chi connectivity index (χ3v) is 6.06. The Morgan fingerprint density at radius 2 is 1.42 bits per heavy atom. The van der Waals surface area contributed by atoms with Gasteiger partial charge in [-0.15, -0.1) is 0 Å². The molecule has 0 radical (unpaired) electrons. The van der Waals surface area contributed by atoms with Crippen LogP contribution in [0.15, 0.2) is 83.5 Å². The van der Waals surface area contributed by atoms with Crippen molar-refractivity contribution in [3.63, 3.8) is 0 Å². The summed E-state index contributed by atoms with van der Waals surface area (Å²) in [5.41, 5.74) is 5.07. The predicted octanol–water partition coefficient (Wildman–Crippen LogP) is 7.45. The van der Waals surface area contributed by atoms with E-state index in [-0.39, 0.29) is 5.78 Å². The summed E-state index contributed by atoms with van der Waals surface area (Å²) in [6.07, 6.45) is -2.31. The Morgan fingerprint density at radius 1 is 0.884 bits per heavy atom. The lowest BCUT2D eigenvalue weighted by molar-refractivity contribution is -0.754. The van der Waals surface area contributed by atoms with E-state index in [1.165, 1.54) is 42.2 Å². The van der Waals surface area contributed by atoms with E-state index in [4.69, 9.17) is 9.26 Å². The lowest BCUT2D eigenvalue weighted by Crippen LogP contribution is -2.35. The Hall–Kier alpha value is -3.82. The number of aryl methyl sites for hydroxylation is 2. The molecular weight excluding hydrogens is 555 g/mol.